The van der Waals surface area contributed by atoms with Gasteiger partial charge in [0.05, 0.1) is 7.11 Å². The van der Waals surface area contributed by atoms with E-state index in [9.17, 15) is 0 Å². The van der Waals surface area contributed by atoms with Gasteiger partial charge < -0.3 is 14.4 Å². The summed E-state index contributed by atoms with van der Waals surface area (Å²) in [5.74, 6) is 2.12. The zero-order valence-corrected chi connectivity index (χ0v) is 18.4. The summed E-state index contributed by atoms with van der Waals surface area (Å²) >= 11 is 0. The predicted octanol–water partition coefficient (Wildman–Crippen LogP) is 5.79. The van der Waals surface area contributed by atoms with E-state index in [2.05, 4.69) is 85.5 Å². The molecule has 3 rings (SSSR count). The van der Waals surface area contributed by atoms with Gasteiger partial charge in [0.2, 0.25) is 0 Å². The van der Waals surface area contributed by atoms with Crippen LogP contribution in [0.2, 0.25) is 0 Å². The van der Waals surface area contributed by atoms with Gasteiger partial charge in [-0.15, -0.1) is 0 Å². The van der Waals surface area contributed by atoms with Crippen molar-refractivity contribution in [3.63, 3.8) is 0 Å². The van der Waals surface area contributed by atoms with Gasteiger partial charge in [-0.3, -0.25) is 0 Å². The Morgan fingerprint density at radius 1 is 0.733 bits per heavy atom. The molecule has 0 aliphatic heterocycles. The molecule has 3 heteroatoms. The van der Waals surface area contributed by atoms with Crippen LogP contribution in [-0.4, -0.2) is 38.3 Å². The Labute approximate surface area is 181 Å². The number of hydrogen-bond donors (Lipinski definition) is 0. The first-order valence-corrected chi connectivity index (χ1v) is 10.9. The van der Waals surface area contributed by atoms with Crippen molar-refractivity contribution in [1.82, 2.24) is 4.90 Å². The molecule has 0 saturated carbocycles. The fourth-order valence-corrected chi connectivity index (χ4v) is 3.74. The Hall–Kier alpha value is -2.78. The lowest BCUT2D eigenvalue weighted by molar-refractivity contribution is 0.223. The van der Waals surface area contributed by atoms with Crippen molar-refractivity contribution in [2.45, 2.75) is 26.2 Å². The summed E-state index contributed by atoms with van der Waals surface area (Å²) in [6, 6.07) is 27.7. The van der Waals surface area contributed by atoms with Gasteiger partial charge in [-0.05, 0) is 60.5 Å². The van der Waals surface area contributed by atoms with Crippen LogP contribution in [0.4, 0.5) is 0 Å². The zero-order chi connectivity index (χ0) is 21.2. The van der Waals surface area contributed by atoms with E-state index in [1.165, 1.54) is 16.7 Å². The van der Waals surface area contributed by atoms with Crippen LogP contribution in [-0.2, 0) is 6.42 Å². The van der Waals surface area contributed by atoms with Crippen molar-refractivity contribution in [1.29, 1.82) is 0 Å². The molecular weight excluding hydrogens is 370 g/mol. The highest BCUT2D eigenvalue weighted by Crippen LogP contribution is 2.30. The minimum atomic E-state index is 0.296. The first-order chi connectivity index (χ1) is 14.7. The third-order valence-corrected chi connectivity index (χ3v) is 5.65. The topological polar surface area (TPSA) is 21.7 Å². The molecule has 1 atom stereocenters. The molecule has 0 heterocycles. The van der Waals surface area contributed by atoms with Crippen molar-refractivity contribution in [3.8, 4) is 11.5 Å². The highest BCUT2D eigenvalue weighted by atomic mass is 16.5. The van der Waals surface area contributed by atoms with Crippen LogP contribution in [0.5, 0.6) is 11.5 Å². The molecule has 0 saturated heterocycles. The average molecular weight is 404 g/mol. The lowest BCUT2D eigenvalue weighted by Crippen LogP contribution is -2.27. The summed E-state index contributed by atoms with van der Waals surface area (Å²) in [6.07, 6.45) is 0.941. The maximum absolute atomic E-state index is 5.97. The van der Waals surface area contributed by atoms with Crippen molar-refractivity contribution in [2.75, 3.05) is 33.4 Å². The molecule has 0 fully saturated rings. The Balaban J connectivity index is 1.73. The monoisotopic (exact) mass is 403 g/mol. The molecule has 0 amide bonds. The van der Waals surface area contributed by atoms with Crippen molar-refractivity contribution >= 4 is 0 Å². The second kappa shape index (κ2) is 11.4. The fraction of sp³-hybridized carbons (Fsp3) is 0.333. The van der Waals surface area contributed by atoms with Crippen LogP contribution in [0, 0.1) is 0 Å². The van der Waals surface area contributed by atoms with Gasteiger partial charge in [0.1, 0.15) is 18.1 Å². The molecular formula is C27H33NO2. The quantitative estimate of drug-likeness (QED) is 0.404. The Morgan fingerprint density at radius 2 is 1.33 bits per heavy atom. The van der Waals surface area contributed by atoms with Crippen LogP contribution in [0.3, 0.4) is 0 Å². The number of methoxy groups -OCH3 is 1. The van der Waals surface area contributed by atoms with E-state index < -0.39 is 0 Å². The smallest absolute Gasteiger partial charge is 0.119 e. The first-order valence-electron chi connectivity index (χ1n) is 10.9. The number of likely N-dealkylation sites (N-methyl/N-ethyl adjacent to an activating group) is 1. The van der Waals surface area contributed by atoms with Gasteiger partial charge in [-0.1, -0.05) is 68.4 Å². The Morgan fingerprint density at radius 3 is 1.93 bits per heavy atom. The summed E-state index contributed by atoms with van der Waals surface area (Å²) in [5.41, 5.74) is 3.92. The third-order valence-electron chi connectivity index (χ3n) is 5.65. The molecule has 0 bridgehead atoms. The highest BCUT2D eigenvalue weighted by molar-refractivity contribution is 5.38. The third kappa shape index (κ3) is 6.11. The van der Waals surface area contributed by atoms with Crippen LogP contribution < -0.4 is 9.47 Å². The molecule has 0 aliphatic carbocycles. The van der Waals surface area contributed by atoms with E-state index in [1.807, 2.05) is 12.1 Å². The number of nitrogens with zero attached hydrogens (tertiary/aromatic N) is 1. The van der Waals surface area contributed by atoms with E-state index in [4.69, 9.17) is 9.47 Å². The maximum Gasteiger partial charge on any atom is 0.119 e. The summed E-state index contributed by atoms with van der Waals surface area (Å²) < 4.78 is 11.3. The number of ether oxygens (including phenoxy) is 2. The average Bonchev–Trinajstić information content (AvgIpc) is 2.82. The van der Waals surface area contributed by atoms with Crippen molar-refractivity contribution < 1.29 is 9.47 Å². The van der Waals surface area contributed by atoms with Gasteiger partial charge in [0, 0.05) is 12.5 Å². The number of benzene rings is 3. The summed E-state index contributed by atoms with van der Waals surface area (Å²) in [7, 11) is 1.70. The molecule has 1 unspecified atom stereocenters. The molecule has 30 heavy (non-hydrogen) atoms. The lowest BCUT2D eigenvalue weighted by Gasteiger charge is -2.20. The van der Waals surface area contributed by atoms with Crippen molar-refractivity contribution in [3.05, 3.63) is 95.6 Å². The molecule has 0 aliphatic rings. The van der Waals surface area contributed by atoms with E-state index >= 15 is 0 Å². The minimum absolute atomic E-state index is 0.296. The fourth-order valence-electron chi connectivity index (χ4n) is 3.74. The van der Waals surface area contributed by atoms with Crippen LogP contribution in [0.25, 0.3) is 0 Å². The van der Waals surface area contributed by atoms with Gasteiger partial charge >= 0.3 is 0 Å². The number of rotatable bonds is 11. The van der Waals surface area contributed by atoms with Crippen LogP contribution in [0.15, 0.2) is 78.9 Å². The molecule has 0 radical (unpaired) electrons. The molecule has 0 aromatic heterocycles. The molecule has 3 aromatic carbocycles. The first kappa shape index (κ1) is 21.9. The second-order valence-electron chi connectivity index (χ2n) is 7.46. The van der Waals surface area contributed by atoms with Gasteiger partial charge in [0.15, 0.2) is 0 Å². The van der Waals surface area contributed by atoms with Crippen molar-refractivity contribution in [2.24, 2.45) is 0 Å². The van der Waals surface area contributed by atoms with Crippen LogP contribution in [0.1, 0.15) is 36.5 Å². The Bertz CT molecular complexity index is 856. The summed E-state index contributed by atoms with van der Waals surface area (Å²) in [6.45, 7) is 8.16. The second-order valence-corrected chi connectivity index (χ2v) is 7.46. The number of hydrogen-bond acceptors (Lipinski definition) is 3. The lowest BCUT2D eigenvalue weighted by atomic mass is 9.86. The SMILES string of the molecule is CCN(CC)CCOc1ccc(C(Cc2ccc(OC)cc2)c2ccccc2)cc1. The van der Waals surface area contributed by atoms with Crippen LogP contribution >= 0.6 is 0 Å². The zero-order valence-electron chi connectivity index (χ0n) is 18.4. The van der Waals surface area contributed by atoms with Gasteiger partial charge in [-0.25, -0.2) is 0 Å². The summed E-state index contributed by atoms with van der Waals surface area (Å²) in [4.78, 5) is 2.37. The van der Waals surface area contributed by atoms with E-state index in [0.717, 1.165) is 44.2 Å². The highest BCUT2D eigenvalue weighted by Gasteiger charge is 2.15. The molecule has 3 aromatic rings. The van der Waals surface area contributed by atoms with E-state index in [-0.39, 0.29) is 0 Å². The van der Waals surface area contributed by atoms with Gasteiger partial charge in [0.25, 0.3) is 0 Å². The standard InChI is InChI=1S/C27H33NO2/c1-4-28(5-2)19-20-30-26-17-13-24(14-18-26)27(23-9-7-6-8-10-23)21-22-11-15-25(29-3)16-12-22/h6-18,27H,4-5,19-21H2,1-3H3. The summed E-state index contributed by atoms with van der Waals surface area (Å²) in [5, 5.41) is 0. The van der Waals surface area contributed by atoms with Gasteiger partial charge in [-0.2, -0.15) is 0 Å². The normalized spacial score (nSPS) is 12.0. The maximum atomic E-state index is 5.97. The van der Waals surface area contributed by atoms with E-state index in [0.29, 0.717) is 5.92 Å². The molecule has 158 valence electrons. The molecule has 3 nitrogen and oxygen atoms in total. The predicted molar refractivity (Wildman–Crippen MR) is 125 cm³/mol. The molecule has 0 N–H and O–H groups in total. The largest absolute Gasteiger partial charge is 0.497 e. The van der Waals surface area contributed by atoms with E-state index in [1.54, 1.807) is 7.11 Å². The molecule has 0 spiro atoms. The minimum Gasteiger partial charge on any atom is -0.497 e. The Kier molecular flexibility index (Phi) is 8.34.